The number of non-ortho nitro benzene ring substituents is 1. The van der Waals surface area contributed by atoms with Crippen molar-refractivity contribution >= 4 is 11.4 Å². The normalized spacial score (nSPS) is 17.6. The Morgan fingerprint density at radius 3 is 2.50 bits per heavy atom. The summed E-state index contributed by atoms with van der Waals surface area (Å²) in [5, 5.41) is 19.7. The first-order chi connectivity index (χ1) is 9.52. The Bertz CT molecular complexity index is 545. The van der Waals surface area contributed by atoms with Crippen LogP contribution in [0.4, 0.5) is 11.4 Å². The third-order valence-electron chi connectivity index (χ3n) is 3.78. The molecule has 1 aromatic rings. The molecular weight excluding hydrogens is 256 g/mol. The molecule has 1 unspecified atom stereocenters. The molecule has 0 spiro atoms. The van der Waals surface area contributed by atoms with Crippen molar-refractivity contribution in [2.45, 2.75) is 19.9 Å². The number of aryl methyl sites for hydroxylation is 1. The van der Waals surface area contributed by atoms with Crippen molar-refractivity contribution in [1.29, 1.82) is 5.26 Å². The summed E-state index contributed by atoms with van der Waals surface area (Å²) >= 11 is 0. The summed E-state index contributed by atoms with van der Waals surface area (Å²) in [5.74, 6) is 0. The van der Waals surface area contributed by atoms with E-state index in [1.807, 2.05) is 19.9 Å². The molecule has 0 aliphatic carbocycles. The lowest BCUT2D eigenvalue weighted by molar-refractivity contribution is -0.384. The molecule has 2 rings (SSSR count). The third kappa shape index (κ3) is 2.89. The van der Waals surface area contributed by atoms with Gasteiger partial charge in [0, 0.05) is 44.0 Å². The highest BCUT2D eigenvalue weighted by molar-refractivity contribution is 5.57. The molecule has 0 N–H and O–H groups in total. The van der Waals surface area contributed by atoms with Crippen LogP contribution in [-0.4, -0.2) is 42.0 Å². The number of nitro groups is 1. The lowest BCUT2D eigenvalue weighted by Gasteiger charge is -2.37. The molecule has 106 valence electrons. The van der Waals surface area contributed by atoms with Gasteiger partial charge in [0.1, 0.15) is 0 Å². The van der Waals surface area contributed by atoms with Crippen LogP contribution >= 0.6 is 0 Å². The van der Waals surface area contributed by atoms with E-state index < -0.39 is 0 Å². The van der Waals surface area contributed by atoms with Gasteiger partial charge >= 0.3 is 0 Å². The molecular formula is C14H18N4O2. The number of nitriles is 1. The summed E-state index contributed by atoms with van der Waals surface area (Å²) < 4.78 is 0. The fourth-order valence-electron chi connectivity index (χ4n) is 2.54. The zero-order valence-corrected chi connectivity index (χ0v) is 11.7. The molecule has 0 radical (unpaired) electrons. The van der Waals surface area contributed by atoms with Crippen LogP contribution in [-0.2, 0) is 0 Å². The second kappa shape index (κ2) is 5.88. The minimum atomic E-state index is -0.372. The van der Waals surface area contributed by atoms with Crippen LogP contribution in [0.15, 0.2) is 18.2 Å². The topological polar surface area (TPSA) is 73.4 Å². The van der Waals surface area contributed by atoms with Crippen LogP contribution in [0.25, 0.3) is 0 Å². The van der Waals surface area contributed by atoms with E-state index in [4.69, 9.17) is 5.26 Å². The Balaban J connectivity index is 2.08. The van der Waals surface area contributed by atoms with Gasteiger partial charge in [0.05, 0.1) is 17.0 Å². The standard InChI is InChI=1S/C14H18N4O2/c1-11-9-13(18(19)20)3-4-14(11)17-7-5-16(6-8-17)12(2)10-15/h3-4,9,12H,5-8H2,1-2H3. The predicted molar refractivity (Wildman–Crippen MR) is 76.7 cm³/mol. The van der Waals surface area contributed by atoms with E-state index in [0.29, 0.717) is 0 Å². The SMILES string of the molecule is Cc1cc([N+](=O)[O-])ccc1N1CCN(C(C)C#N)CC1. The number of rotatable bonds is 3. The van der Waals surface area contributed by atoms with Crippen LogP contribution in [0, 0.1) is 28.4 Å². The van der Waals surface area contributed by atoms with E-state index in [2.05, 4.69) is 15.9 Å². The summed E-state index contributed by atoms with van der Waals surface area (Å²) in [4.78, 5) is 14.7. The molecule has 1 fully saturated rings. The highest BCUT2D eigenvalue weighted by Crippen LogP contribution is 2.25. The van der Waals surface area contributed by atoms with Crippen LogP contribution < -0.4 is 4.90 Å². The maximum atomic E-state index is 10.7. The first kappa shape index (κ1) is 14.3. The van der Waals surface area contributed by atoms with Gasteiger partial charge in [-0.3, -0.25) is 15.0 Å². The smallest absolute Gasteiger partial charge is 0.269 e. The first-order valence-corrected chi connectivity index (χ1v) is 6.66. The number of anilines is 1. The Hall–Kier alpha value is -2.13. The van der Waals surface area contributed by atoms with Crippen LogP contribution in [0.1, 0.15) is 12.5 Å². The second-order valence-corrected chi connectivity index (χ2v) is 5.06. The summed E-state index contributed by atoms with van der Waals surface area (Å²) in [6.45, 7) is 7.16. The van der Waals surface area contributed by atoms with Gasteiger partial charge in [-0.05, 0) is 25.5 Å². The van der Waals surface area contributed by atoms with Gasteiger partial charge in [0.15, 0.2) is 0 Å². The minimum absolute atomic E-state index is 0.0601. The average Bonchev–Trinajstić information content (AvgIpc) is 2.46. The van der Waals surface area contributed by atoms with Gasteiger partial charge in [-0.1, -0.05) is 0 Å². The monoisotopic (exact) mass is 274 g/mol. The summed E-state index contributed by atoms with van der Waals surface area (Å²) in [5.41, 5.74) is 2.09. The molecule has 0 amide bonds. The molecule has 1 aliphatic heterocycles. The van der Waals surface area contributed by atoms with Crippen molar-refractivity contribution in [3.63, 3.8) is 0 Å². The molecule has 20 heavy (non-hydrogen) atoms. The maximum Gasteiger partial charge on any atom is 0.269 e. The molecule has 1 aromatic carbocycles. The van der Waals surface area contributed by atoms with E-state index in [0.717, 1.165) is 37.4 Å². The predicted octanol–water partition coefficient (Wildman–Crippen LogP) is 1.94. The van der Waals surface area contributed by atoms with Crippen molar-refractivity contribution < 1.29 is 4.92 Å². The number of nitro benzene ring substituents is 1. The van der Waals surface area contributed by atoms with E-state index in [1.165, 1.54) is 0 Å². The minimum Gasteiger partial charge on any atom is -0.369 e. The molecule has 1 atom stereocenters. The molecule has 0 aromatic heterocycles. The van der Waals surface area contributed by atoms with Gasteiger partial charge in [-0.25, -0.2) is 0 Å². The Kier molecular flexibility index (Phi) is 4.20. The van der Waals surface area contributed by atoms with Gasteiger partial charge in [0.2, 0.25) is 0 Å². The molecule has 0 saturated carbocycles. The zero-order chi connectivity index (χ0) is 14.7. The van der Waals surface area contributed by atoms with Crippen LogP contribution in [0.2, 0.25) is 0 Å². The fourth-order valence-corrected chi connectivity index (χ4v) is 2.54. The van der Waals surface area contributed by atoms with Crippen molar-refractivity contribution in [3.8, 4) is 6.07 Å². The van der Waals surface area contributed by atoms with Gasteiger partial charge < -0.3 is 4.90 Å². The number of hydrogen-bond acceptors (Lipinski definition) is 5. The zero-order valence-electron chi connectivity index (χ0n) is 11.7. The molecule has 0 bridgehead atoms. The first-order valence-electron chi connectivity index (χ1n) is 6.66. The molecule has 6 nitrogen and oxygen atoms in total. The second-order valence-electron chi connectivity index (χ2n) is 5.06. The highest BCUT2D eigenvalue weighted by Gasteiger charge is 2.22. The van der Waals surface area contributed by atoms with Crippen molar-refractivity contribution in [2.24, 2.45) is 0 Å². The largest absolute Gasteiger partial charge is 0.369 e. The highest BCUT2D eigenvalue weighted by atomic mass is 16.6. The van der Waals surface area contributed by atoms with E-state index >= 15 is 0 Å². The Morgan fingerprint density at radius 2 is 2.00 bits per heavy atom. The van der Waals surface area contributed by atoms with E-state index in [9.17, 15) is 10.1 Å². The van der Waals surface area contributed by atoms with Gasteiger partial charge in [-0.15, -0.1) is 0 Å². The third-order valence-corrected chi connectivity index (χ3v) is 3.78. The van der Waals surface area contributed by atoms with Gasteiger partial charge in [-0.2, -0.15) is 5.26 Å². The Morgan fingerprint density at radius 1 is 1.35 bits per heavy atom. The summed E-state index contributed by atoms with van der Waals surface area (Å²) in [7, 11) is 0. The van der Waals surface area contributed by atoms with Crippen molar-refractivity contribution in [3.05, 3.63) is 33.9 Å². The average molecular weight is 274 g/mol. The molecule has 1 saturated heterocycles. The van der Waals surface area contributed by atoms with Crippen molar-refractivity contribution in [2.75, 3.05) is 31.1 Å². The number of hydrogen-bond donors (Lipinski definition) is 0. The molecule has 6 heteroatoms. The van der Waals surface area contributed by atoms with E-state index in [-0.39, 0.29) is 16.7 Å². The maximum absolute atomic E-state index is 10.7. The van der Waals surface area contributed by atoms with Crippen molar-refractivity contribution in [1.82, 2.24) is 4.90 Å². The quantitative estimate of drug-likeness (QED) is 0.622. The lowest BCUT2D eigenvalue weighted by atomic mass is 10.1. The molecule has 1 heterocycles. The van der Waals surface area contributed by atoms with Crippen LogP contribution in [0.3, 0.4) is 0 Å². The van der Waals surface area contributed by atoms with Gasteiger partial charge in [0.25, 0.3) is 5.69 Å². The number of piperazine rings is 1. The number of nitrogens with zero attached hydrogens (tertiary/aromatic N) is 4. The van der Waals surface area contributed by atoms with Crippen LogP contribution in [0.5, 0.6) is 0 Å². The molecule has 1 aliphatic rings. The number of benzene rings is 1. The lowest BCUT2D eigenvalue weighted by Crippen LogP contribution is -2.49. The summed E-state index contributed by atoms with van der Waals surface area (Å²) in [6, 6.07) is 7.17. The fraction of sp³-hybridized carbons (Fsp3) is 0.500. The van der Waals surface area contributed by atoms with E-state index in [1.54, 1.807) is 12.1 Å². The summed E-state index contributed by atoms with van der Waals surface area (Å²) in [6.07, 6.45) is 0. The Labute approximate surface area is 118 Å².